The van der Waals surface area contributed by atoms with Gasteiger partial charge in [-0.05, 0) is 32.6 Å². The Bertz CT molecular complexity index is 202. The zero-order valence-electron chi connectivity index (χ0n) is 10.0. The standard InChI is InChI=1S/C12H22NO2/c1-4-5-10-6-7-13-11(8-10)12(14)15-9(2)3/h9-11H,4-8H2,1-3H3. The maximum Gasteiger partial charge on any atom is 0.325 e. The van der Waals surface area contributed by atoms with Gasteiger partial charge in [-0.1, -0.05) is 19.8 Å². The smallest absolute Gasteiger partial charge is 0.325 e. The molecule has 1 radical (unpaired) electrons. The maximum atomic E-state index is 11.6. The average molecular weight is 212 g/mol. The Hall–Kier alpha value is -0.570. The van der Waals surface area contributed by atoms with Gasteiger partial charge in [0.2, 0.25) is 0 Å². The molecule has 1 aliphatic heterocycles. The average Bonchev–Trinajstić information content (AvgIpc) is 2.17. The number of hydrogen-bond donors (Lipinski definition) is 0. The first-order chi connectivity index (χ1) is 7.13. The molecule has 3 nitrogen and oxygen atoms in total. The molecule has 0 saturated carbocycles. The topological polar surface area (TPSA) is 40.4 Å². The highest BCUT2D eigenvalue weighted by molar-refractivity contribution is 5.76. The van der Waals surface area contributed by atoms with E-state index >= 15 is 0 Å². The van der Waals surface area contributed by atoms with Crippen molar-refractivity contribution < 1.29 is 9.53 Å². The van der Waals surface area contributed by atoms with Crippen LogP contribution < -0.4 is 5.32 Å². The summed E-state index contributed by atoms with van der Waals surface area (Å²) in [6, 6.07) is -0.197. The van der Waals surface area contributed by atoms with Gasteiger partial charge in [0.15, 0.2) is 0 Å². The summed E-state index contributed by atoms with van der Waals surface area (Å²) in [5.41, 5.74) is 0. The minimum absolute atomic E-state index is 0.0285. The molecule has 0 aromatic carbocycles. The Balaban J connectivity index is 2.38. The van der Waals surface area contributed by atoms with Gasteiger partial charge in [-0.2, -0.15) is 0 Å². The van der Waals surface area contributed by atoms with Crippen LogP contribution in [0.3, 0.4) is 0 Å². The summed E-state index contributed by atoms with van der Waals surface area (Å²) in [4.78, 5) is 11.6. The van der Waals surface area contributed by atoms with Crippen LogP contribution in [0.5, 0.6) is 0 Å². The molecule has 0 aromatic rings. The van der Waals surface area contributed by atoms with Crippen molar-refractivity contribution in [3.63, 3.8) is 0 Å². The van der Waals surface area contributed by atoms with Gasteiger partial charge in [0.25, 0.3) is 0 Å². The third-order valence-corrected chi connectivity index (χ3v) is 2.76. The van der Waals surface area contributed by atoms with Crippen molar-refractivity contribution in [2.24, 2.45) is 5.92 Å². The molecule has 0 N–H and O–H groups in total. The van der Waals surface area contributed by atoms with Gasteiger partial charge >= 0.3 is 5.97 Å². The Kier molecular flexibility index (Phi) is 5.09. The molecule has 0 amide bonds. The van der Waals surface area contributed by atoms with E-state index in [9.17, 15) is 4.79 Å². The number of esters is 1. The lowest BCUT2D eigenvalue weighted by Crippen LogP contribution is -2.40. The van der Waals surface area contributed by atoms with Gasteiger partial charge in [0.1, 0.15) is 6.04 Å². The van der Waals surface area contributed by atoms with E-state index < -0.39 is 0 Å². The van der Waals surface area contributed by atoms with Crippen LogP contribution in [0.15, 0.2) is 0 Å². The molecule has 15 heavy (non-hydrogen) atoms. The highest BCUT2D eigenvalue weighted by atomic mass is 16.5. The Morgan fingerprint density at radius 3 is 2.87 bits per heavy atom. The zero-order valence-corrected chi connectivity index (χ0v) is 10.0. The Labute approximate surface area is 92.6 Å². The summed E-state index contributed by atoms with van der Waals surface area (Å²) < 4.78 is 5.18. The Morgan fingerprint density at radius 1 is 1.53 bits per heavy atom. The lowest BCUT2D eigenvalue weighted by atomic mass is 9.89. The first-order valence-electron chi connectivity index (χ1n) is 6.00. The van der Waals surface area contributed by atoms with Crippen molar-refractivity contribution in [2.75, 3.05) is 6.54 Å². The van der Waals surface area contributed by atoms with E-state index in [4.69, 9.17) is 4.74 Å². The van der Waals surface area contributed by atoms with Crippen LogP contribution in [0.2, 0.25) is 0 Å². The molecule has 0 spiro atoms. The first-order valence-corrected chi connectivity index (χ1v) is 6.00. The van der Waals surface area contributed by atoms with Crippen molar-refractivity contribution >= 4 is 5.97 Å². The van der Waals surface area contributed by atoms with Gasteiger partial charge in [-0.3, -0.25) is 4.79 Å². The molecule has 3 heteroatoms. The largest absolute Gasteiger partial charge is 0.462 e. The van der Waals surface area contributed by atoms with E-state index in [1.807, 2.05) is 13.8 Å². The summed E-state index contributed by atoms with van der Waals surface area (Å²) >= 11 is 0. The highest BCUT2D eigenvalue weighted by Gasteiger charge is 2.28. The van der Waals surface area contributed by atoms with Crippen molar-refractivity contribution in [3.8, 4) is 0 Å². The molecule has 2 atom stereocenters. The maximum absolute atomic E-state index is 11.6. The zero-order chi connectivity index (χ0) is 11.3. The van der Waals surface area contributed by atoms with Crippen LogP contribution in [0, 0.1) is 5.92 Å². The van der Waals surface area contributed by atoms with Crippen LogP contribution in [0.4, 0.5) is 0 Å². The third-order valence-electron chi connectivity index (χ3n) is 2.76. The van der Waals surface area contributed by atoms with E-state index in [1.54, 1.807) is 0 Å². The Morgan fingerprint density at radius 2 is 2.27 bits per heavy atom. The minimum Gasteiger partial charge on any atom is -0.462 e. The van der Waals surface area contributed by atoms with E-state index in [2.05, 4.69) is 12.2 Å². The molecule has 0 aliphatic carbocycles. The number of rotatable bonds is 4. The molecule has 1 fully saturated rings. The minimum atomic E-state index is -0.197. The summed E-state index contributed by atoms with van der Waals surface area (Å²) in [5.74, 6) is 0.531. The quantitative estimate of drug-likeness (QED) is 0.670. The van der Waals surface area contributed by atoms with Crippen molar-refractivity contribution in [2.45, 2.75) is 58.6 Å². The lowest BCUT2D eigenvalue weighted by molar-refractivity contribution is -0.151. The molecular formula is C12H22NO2. The number of piperidine rings is 1. The van der Waals surface area contributed by atoms with Crippen LogP contribution >= 0.6 is 0 Å². The molecule has 1 heterocycles. The normalized spacial score (nSPS) is 26.7. The number of carbonyl (C=O) groups excluding carboxylic acids is 1. The van der Waals surface area contributed by atoms with Gasteiger partial charge in [-0.15, -0.1) is 0 Å². The van der Waals surface area contributed by atoms with Crippen molar-refractivity contribution in [3.05, 3.63) is 0 Å². The molecule has 1 rings (SSSR count). The fourth-order valence-electron chi connectivity index (χ4n) is 2.07. The summed E-state index contributed by atoms with van der Waals surface area (Å²) in [6.45, 7) is 6.77. The summed E-state index contributed by atoms with van der Waals surface area (Å²) in [6.07, 6.45) is 4.40. The molecule has 87 valence electrons. The van der Waals surface area contributed by atoms with Crippen LogP contribution in [0.1, 0.15) is 46.5 Å². The van der Waals surface area contributed by atoms with E-state index in [0.717, 1.165) is 19.4 Å². The van der Waals surface area contributed by atoms with Gasteiger partial charge in [0, 0.05) is 6.54 Å². The second-order valence-corrected chi connectivity index (χ2v) is 4.59. The van der Waals surface area contributed by atoms with Crippen LogP contribution in [-0.2, 0) is 9.53 Å². The van der Waals surface area contributed by atoms with Crippen LogP contribution in [0.25, 0.3) is 0 Å². The number of nitrogens with zero attached hydrogens (tertiary/aromatic N) is 1. The summed E-state index contributed by atoms with van der Waals surface area (Å²) in [5, 5.41) is 4.34. The molecule has 0 bridgehead atoms. The molecule has 1 aliphatic rings. The van der Waals surface area contributed by atoms with E-state index in [0.29, 0.717) is 5.92 Å². The molecular weight excluding hydrogens is 190 g/mol. The third kappa shape index (κ3) is 4.20. The van der Waals surface area contributed by atoms with Gasteiger partial charge in [-0.25, -0.2) is 5.32 Å². The number of hydrogen-bond acceptors (Lipinski definition) is 2. The highest BCUT2D eigenvalue weighted by Crippen LogP contribution is 2.22. The lowest BCUT2D eigenvalue weighted by Gasteiger charge is -2.27. The van der Waals surface area contributed by atoms with Gasteiger partial charge < -0.3 is 4.74 Å². The fraction of sp³-hybridized carbons (Fsp3) is 0.917. The second kappa shape index (κ2) is 6.11. The van der Waals surface area contributed by atoms with Crippen molar-refractivity contribution in [1.29, 1.82) is 0 Å². The SMILES string of the molecule is CCCC1CC[N]C(C(=O)OC(C)C)C1. The molecule has 1 saturated heterocycles. The van der Waals surface area contributed by atoms with E-state index in [1.165, 1.54) is 12.8 Å². The summed E-state index contributed by atoms with van der Waals surface area (Å²) in [7, 11) is 0. The number of ether oxygens (including phenoxy) is 1. The van der Waals surface area contributed by atoms with E-state index in [-0.39, 0.29) is 18.1 Å². The monoisotopic (exact) mass is 212 g/mol. The molecule has 0 aromatic heterocycles. The van der Waals surface area contributed by atoms with Gasteiger partial charge in [0.05, 0.1) is 6.10 Å². The molecule has 2 unspecified atom stereocenters. The first kappa shape index (κ1) is 12.5. The second-order valence-electron chi connectivity index (χ2n) is 4.59. The predicted molar refractivity (Wildman–Crippen MR) is 59.6 cm³/mol. The fourth-order valence-corrected chi connectivity index (χ4v) is 2.07. The van der Waals surface area contributed by atoms with Crippen LogP contribution in [-0.4, -0.2) is 24.7 Å². The number of carbonyl (C=O) groups is 1. The predicted octanol–water partition coefficient (Wildman–Crippen LogP) is 2.12. The van der Waals surface area contributed by atoms with Crippen molar-refractivity contribution in [1.82, 2.24) is 5.32 Å².